The summed E-state index contributed by atoms with van der Waals surface area (Å²) in [6.45, 7) is 7.22. The quantitative estimate of drug-likeness (QED) is 0.777. The van der Waals surface area contributed by atoms with Crippen molar-refractivity contribution in [1.82, 2.24) is 5.32 Å². The third kappa shape index (κ3) is 4.91. The Labute approximate surface area is 111 Å². The molecule has 0 spiro atoms. The molecule has 1 aromatic carbocycles. The van der Waals surface area contributed by atoms with Crippen molar-refractivity contribution in [2.24, 2.45) is 5.92 Å². The number of carbonyl (C=O) groups excluding carboxylic acids is 1. The zero-order chi connectivity index (χ0) is 13.4. The van der Waals surface area contributed by atoms with Crippen molar-refractivity contribution in [2.75, 3.05) is 6.54 Å². The Morgan fingerprint density at radius 2 is 1.89 bits per heavy atom. The van der Waals surface area contributed by atoms with Crippen LogP contribution in [0.4, 0.5) is 0 Å². The summed E-state index contributed by atoms with van der Waals surface area (Å²) in [7, 11) is 0. The van der Waals surface area contributed by atoms with Crippen LogP contribution in [0.5, 0.6) is 0 Å². The fourth-order valence-corrected chi connectivity index (χ4v) is 1.99. The molecule has 18 heavy (non-hydrogen) atoms. The molecular formula is C16H25NO. The zero-order valence-electron chi connectivity index (χ0n) is 11.8. The van der Waals surface area contributed by atoms with E-state index in [4.69, 9.17) is 0 Å². The van der Waals surface area contributed by atoms with Gasteiger partial charge in [-0.3, -0.25) is 4.79 Å². The predicted octanol–water partition coefficient (Wildman–Crippen LogP) is 3.94. The van der Waals surface area contributed by atoms with Gasteiger partial charge in [-0.1, -0.05) is 50.8 Å². The second-order valence-corrected chi connectivity index (χ2v) is 4.99. The van der Waals surface area contributed by atoms with Crippen molar-refractivity contribution in [3.63, 3.8) is 0 Å². The van der Waals surface area contributed by atoms with E-state index in [9.17, 15) is 4.79 Å². The summed E-state index contributed by atoms with van der Waals surface area (Å²) in [5, 5.41) is 3.04. The average molecular weight is 247 g/mol. The first-order valence-corrected chi connectivity index (χ1v) is 7.02. The number of aryl methyl sites for hydroxylation is 1. The molecule has 1 N–H and O–H groups in total. The highest BCUT2D eigenvalue weighted by molar-refractivity contribution is 5.94. The van der Waals surface area contributed by atoms with Crippen molar-refractivity contribution < 1.29 is 4.79 Å². The molecule has 1 amide bonds. The minimum absolute atomic E-state index is 0.0462. The molecule has 0 radical (unpaired) electrons. The lowest BCUT2D eigenvalue weighted by molar-refractivity contribution is 0.0946. The molecule has 1 atom stereocenters. The summed E-state index contributed by atoms with van der Waals surface area (Å²) >= 11 is 0. The molecule has 1 unspecified atom stereocenters. The fraction of sp³-hybridized carbons (Fsp3) is 0.562. The number of hydrogen-bond acceptors (Lipinski definition) is 1. The SMILES string of the molecule is CCCCC(CC)CNC(=O)c1ccc(C)cc1. The molecule has 0 saturated carbocycles. The predicted molar refractivity (Wildman–Crippen MR) is 76.8 cm³/mol. The van der Waals surface area contributed by atoms with Gasteiger partial charge in [0.15, 0.2) is 0 Å². The van der Waals surface area contributed by atoms with Crippen molar-refractivity contribution in [3.8, 4) is 0 Å². The number of unbranched alkanes of at least 4 members (excludes halogenated alkanes) is 1. The van der Waals surface area contributed by atoms with Crippen LogP contribution >= 0.6 is 0 Å². The molecule has 0 aliphatic rings. The van der Waals surface area contributed by atoms with E-state index in [1.54, 1.807) is 0 Å². The third-order valence-electron chi connectivity index (χ3n) is 3.41. The Morgan fingerprint density at radius 1 is 1.22 bits per heavy atom. The van der Waals surface area contributed by atoms with Crippen LogP contribution in [-0.2, 0) is 0 Å². The van der Waals surface area contributed by atoms with Crippen LogP contribution in [0.25, 0.3) is 0 Å². The second-order valence-electron chi connectivity index (χ2n) is 4.99. The number of nitrogens with one attached hydrogen (secondary N) is 1. The Hall–Kier alpha value is -1.31. The lowest BCUT2D eigenvalue weighted by atomic mass is 9.99. The highest BCUT2D eigenvalue weighted by Gasteiger charge is 2.09. The largest absolute Gasteiger partial charge is 0.352 e. The van der Waals surface area contributed by atoms with Gasteiger partial charge < -0.3 is 5.32 Å². The molecule has 1 rings (SSSR count). The number of amides is 1. The summed E-state index contributed by atoms with van der Waals surface area (Å²) in [5.41, 5.74) is 1.94. The van der Waals surface area contributed by atoms with Crippen molar-refractivity contribution in [3.05, 3.63) is 35.4 Å². The van der Waals surface area contributed by atoms with Crippen LogP contribution in [0.2, 0.25) is 0 Å². The van der Waals surface area contributed by atoms with E-state index in [2.05, 4.69) is 19.2 Å². The van der Waals surface area contributed by atoms with Gasteiger partial charge in [-0.15, -0.1) is 0 Å². The van der Waals surface area contributed by atoms with E-state index in [-0.39, 0.29) is 5.91 Å². The number of rotatable bonds is 7. The second kappa shape index (κ2) is 7.91. The normalized spacial score (nSPS) is 12.2. The summed E-state index contributed by atoms with van der Waals surface area (Å²) in [6, 6.07) is 7.72. The van der Waals surface area contributed by atoms with Crippen molar-refractivity contribution in [2.45, 2.75) is 46.5 Å². The van der Waals surface area contributed by atoms with Crippen LogP contribution in [0.3, 0.4) is 0 Å². The summed E-state index contributed by atoms with van der Waals surface area (Å²) in [5.74, 6) is 0.657. The van der Waals surface area contributed by atoms with Gasteiger partial charge in [0.1, 0.15) is 0 Å². The van der Waals surface area contributed by atoms with Gasteiger partial charge in [-0.2, -0.15) is 0 Å². The summed E-state index contributed by atoms with van der Waals surface area (Å²) in [4.78, 5) is 11.9. The van der Waals surface area contributed by atoms with E-state index in [1.807, 2.05) is 31.2 Å². The van der Waals surface area contributed by atoms with Crippen LogP contribution < -0.4 is 5.32 Å². The lowest BCUT2D eigenvalue weighted by Gasteiger charge is -2.15. The van der Waals surface area contributed by atoms with Gasteiger partial charge in [0.25, 0.3) is 5.91 Å². The molecule has 0 heterocycles. The molecule has 2 nitrogen and oxygen atoms in total. The van der Waals surface area contributed by atoms with Crippen LogP contribution in [0.1, 0.15) is 55.5 Å². The Bertz CT molecular complexity index is 356. The van der Waals surface area contributed by atoms with E-state index in [0.29, 0.717) is 5.92 Å². The molecular weight excluding hydrogens is 222 g/mol. The Morgan fingerprint density at radius 3 is 2.44 bits per heavy atom. The van der Waals surface area contributed by atoms with Crippen molar-refractivity contribution in [1.29, 1.82) is 0 Å². The maximum Gasteiger partial charge on any atom is 0.251 e. The van der Waals surface area contributed by atoms with Gasteiger partial charge in [0.2, 0.25) is 0 Å². The monoisotopic (exact) mass is 247 g/mol. The summed E-state index contributed by atoms with van der Waals surface area (Å²) < 4.78 is 0. The molecule has 0 fully saturated rings. The van der Waals surface area contributed by atoms with Gasteiger partial charge in [0, 0.05) is 12.1 Å². The van der Waals surface area contributed by atoms with E-state index < -0.39 is 0 Å². The maximum atomic E-state index is 11.9. The number of carbonyl (C=O) groups is 1. The first kappa shape index (κ1) is 14.7. The molecule has 1 aromatic rings. The fourth-order valence-electron chi connectivity index (χ4n) is 1.99. The number of benzene rings is 1. The topological polar surface area (TPSA) is 29.1 Å². The van der Waals surface area contributed by atoms with Gasteiger partial charge in [-0.05, 0) is 31.4 Å². The smallest absolute Gasteiger partial charge is 0.251 e. The molecule has 0 saturated heterocycles. The van der Waals surface area contributed by atoms with Gasteiger partial charge in [0.05, 0.1) is 0 Å². The lowest BCUT2D eigenvalue weighted by Crippen LogP contribution is -2.29. The molecule has 0 aliphatic heterocycles. The molecule has 0 aliphatic carbocycles. The Balaban J connectivity index is 2.42. The van der Waals surface area contributed by atoms with Crippen molar-refractivity contribution >= 4 is 5.91 Å². The molecule has 0 aromatic heterocycles. The highest BCUT2D eigenvalue weighted by Crippen LogP contribution is 2.11. The number of hydrogen-bond donors (Lipinski definition) is 1. The highest BCUT2D eigenvalue weighted by atomic mass is 16.1. The Kier molecular flexibility index (Phi) is 6.48. The minimum atomic E-state index is 0.0462. The van der Waals surface area contributed by atoms with E-state index >= 15 is 0 Å². The minimum Gasteiger partial charge on any atom is -0.352 e. The average Bonchev–Trinajstić information content (AvgIpc) is 2.39. The maximum absolute atomic E-state index is 11.9. The molecule has 100 valence electrons. The van der Waals surface area contributed by atoms with Gasteiger partial charge in [-0.25, -0.2) is 0 Å². The first-order chi connectivity index (χ1) is 8.67. The van der Waals surface area contributed by atoms with E-state index in [0.717, 1.165) is 18.5 Å². The zero-order valence-corrected chi connectivity index (χ0v) is 11.8. The summed E-state index contributed by atoms with van der Waals surface area (Å²) in [6.07, 6.45) is 4.82. The van der Waals surface area contributed by atoms with Crippen LogP contribution in [0.15, 0.2) is 24.3 Å². The molecule has 0 bridgehead atoms. The first-order valence-electron chi connectivity index (χ1n) is 7.02. The van der Waals surface area contributed by atoms with Crippen LogP contribution in [0, 0.1) is 12.8 Å². The van der Waals surface area contributed by atoms with Gasteiger partial charge >= 0.3 is 0 Å². The third-order valence-corrected chi connectivity index (χ3v) is 3.41. The van der Waals surface area contributed by atoms with E-state index in [1.165, 1.54) is 24.8 Å². The molecule has 2 heteroatoms. The standard InChI is InChI=1S/C16H25NO/c1-4-6-7-14(5-2)12-17-16(18)15-10-8-13(3)9-11-15/h8-11,14H,4-7,12H2,1-3H3,(H,17,18). The van der Waals surface area contributed by atoms with Crippen LogP contribution in [-0.4, -0.2) is 12.5 Å².